The molecule has 0 aliphatic carbocycles. The Bertz CT molecular complexity index is 628. The normalized spacial score (nSPS) is 13.2. The number of ether oxygens (including phenoxy) is 1. The van der Waals surface area contributed by atoms with Gasteiger partial charge in [-0.05, 0) is 30.2 Å². The number of aliphatic hydroxyl groups is 1. The molecule has 0 saturated carbocycles. The van der Waals surface area contributed by atoms with Crippen LogP contribution < -0.4 is 10.1 Å². The number of hydrogen-bond acceptors (Lipinski definition) is 3. The minimum Gasteiger partial charge on any atom is -0.493 e. The molecule has 2 unspecified atom stereocenters. The van der Waals surface area contributed by atoms with Gasteiger partial charge in [0.1, 0.15) is 5.75 Å². The number of amides is 1. The molecule has 0 aliphatic heterocycles. The van der Waals surface area contributed by atoms with Gasteiger partial charge in [-0.2, -0.15) is 0 Å². The Morgan fingerprint density at radius 1 is 1.13 bits per heavy atom. The number of aryl methyl sites for hydroxylation is 1. The molecule has 2 rings (SSSR count). The van der Waals surface area contributed by atoms with Crippen molar-refractivity contribution in [2.75, 3.05) is 13.2 Å². The zero-order chi connectivity index (χ0) is 16.7. The van der Waals surface area contributed by atoms with E-state index in [-0.39, 0.29) is 18.4 Å². The molecule has 2 aromatic rings. The van der Waals surface area contributed by atoms with Gasteiger partial charge >= 0.3 is 0 Å². The minimum atomic E-state index is -0.706. The van der Waals surface area contributed by atoms with E-state index in [1.165, 1.54) is 0 Å². The third kappa shape index (κ3) is 5.11. The van der Waals surface area contributed by atoms with Gasteiger partial charge in [-0.3, -0.25) is 4.79 Å². The quantitative estimate of drug-likeness (QED) is 0.826. The van der Waals surface area contributed by atoms with E-state index in [0.717, 1.165) is 16.9 Å². The molecule has 0 spiro atoms. The molecular formula is C19H23NO3. The monoisotopic (exact) mass is 313 g/mol. The molecule has 2 aromatic carbocycles. The van der Waals surface area contributed by atoms with Crippen LogP contribution in [0.1, 0.15) is 24.2 Å². The van der Waals surface area contributed by atoms with E-state index in [9.17, 15) is 9.90 Å². The van der Waals surface area contributed by atoms with E-state index in [4.69, 9.17) is 4.74 Å². The van der Waals surface area contributed by atoms with Crippen LogP contribution in [-0.2, 0) is 4.79 Å². The van der Waals surface area contributed by atoms with Crippen molar-refractivity contribution >= 4 is 5.91 Å². The van der Waals surface area contributed by atoms with Crippen LogP contribution in [0.2, 0.25) is 0 Å². The van der Waals surface area contributed by atoms with Crippen LogP contribution in [0.3, 0.4) is 0 Å². The van der Waals surface area contributed by atoms with E-state index in [0.29, 0.717) is 6.61 Å². The molecule has 23 heavy (non-hydrogen) atoms. The first kappa shape index (κ1) is 17.0. The topological polar surface area (TPSA) is 58.6 Å². The van der Waals surface area contributed by atoms with Crippen LogP contribution in [0.5, 0.6) is 5.75 Å². The lowest BCUT2D eigenvalue weighted by atomic mass is 10.0. The first-order chi connectivity index (χ1) is 11.1. The summed E-state index contributed by atoms with van der Waals surface area (Å²) in [7, 11) is 0. The summed E-state index contributed by atoms with van der Waals surface area (Å²) >= 11 is 0. The van der Waals surface area contributed by atoms with Crippen molar-refractivity contribution in [3.8, 4) is 5.75 Å². The summed E-state index contributed by atoms with van der Waals surface area (Å²) in [6, 6.07) is 17.0. The fourth-order valence-corrected chi connectivity index (χ4v) is 2.26. The maximum absolute atomic E-state index is 12.1. The van der Waals surface area contributed by atoms with Gasteiger partial charge in [0, 0.05) is 6.54 Å². The fraction of sp³-hybridized carbons (Fsp3) is 0.316. The summed E-state index contributed by atoms with van der Waals surface area (Å²) in [5, 5.41) is 13.0. The lowest BCUT2D eigenvalue weighted by molar-refractivity contribution is -0.125. The van der Waals surface area contributed by atoms with Crippen molar-refractivity contribution in [3.63, 3.8) is 0 Å². The number of aliphatic hydroxyl groups excluding tert-OH is 1. The Morgan fingerprint density at radius 3 is 2.48 bits per heavy atom. The van der Waals surface area contributed by atoms with Crippen molar-refractivity contribution in [2.24, 2.45) is 5.92 Å². The second kappa shape index (κ2) is 8.34. The molecule has 0 aliphatic rings. The zero-order valence-corrected chi connectivity index (χ0v) is 13.5. The molecule has 2 atom stereocenters. The predicted octanol–water partition coefficient (Wildman–Crippen LogP) is 2.86. The first-order valence-corrected chi connectivity index (χ1v) is 7.77. The highest BCUT2D eigenvalue weighted by Crippen LogP contribution is 2.16. The minimum absolute atomic E-state index is 0.131. The molecule has 0 bridgehead atoms. The number of nitrogens with one attached hydrogen (secondary N) is 1. The maximum Gasteiger partial charge on any atom is 0.226 e. The second-order valence-electron chi connectivity index (χ2n) is 5.64. The van der Waals surface area contributed by atoms with Crippen molar-refractivity contribution in [1.82, 2.24) is 5.32 Å². The Morgan fingerprint density at radius 2 is 1.78 bits per heavy atom. The number of hydrogen-bond donors (Lipinski definition) is 2. The summed E-state index contributed by atoms with van der Waals surface area (Å²) in [6.45, 7) is 4.24. The highest BCUT2D eigenvalue weighted by atomic mass is 16.5. The van der Waals surface area contributed by atoms with E-state index in [2.05, 4.69) is 5.32 Å². The Kier molecular flexibility index (Phi) is 6.18. The van der Waals surface area contributed by atoms with Crippen molar-refractivity contribution < 1.29 is 14.6 Å². The van der Waals surface area contributed by atoms with Gasteiger partial charge in [0.25, 0.3) is 0 Å². The summed E-state index contributed by atoms with van der Waals surface area (Å²) in [6.07, 6.45) is -0.706. The van der Waals surface area contributed by atoms with Gasteiger partial charge in [0.15, 0.2) is 0 Å². The smallest absolute Gasteiger partial charge is 0.226 e. The molecule has 2 N–H and O–H groups in total. The van der Waals surface area contributed by atoms with Crippen LogP contribution in [0.4, 0.5) is 0 Å². The molecule has 4 nitrogen and oxygen atoms in total. The molecule has 0 radical (unpaired) electrons. The number of para-hydroxylation sites is 1. The lowest BCUT2D eigenvalue weighted by Crippen LogP contribution is -2.35. The van der Waals surface area contributed by atoms with Crippen molar-refractivity contribution in [1.29, 1.82) is 0 Å². The van der Waals surface area contributed by atoms with Crippen molar-refractivity contribution in [2.45, 2.75) is 20.0 Å². The molecule has 0 fully saturated rings. The van der Waals surface area contributed by atoms with Gasteiger partial charge in [-0.1, -0.05) is 49.4 Å². The van der Waals surface area contributed by atoms with E-state index >= 15 is 0 Å². The number of carbonyl (C=O) groups excluding carboxylic acids is 1. The number of carbonyl (C=O) groups is 1. The molecule has 0 heterocycles. The SMILES string of the molecule is Cc1ccccc1C(O)CNC(=O)C(C)COc1ccccc1. The molecule has 122 valence electrons. The van der Waals surface area contributed by atoms with E-state index < -0.39 is 6.10 Å². The average molecular weight is 313 g/mol. The molecule has 1 amide bonds. The van der Waals surface area contributed by atoms with Gasteiger partial charge in [-0.15, -0.1) is 0 Å². The van der Waals surface area contributed by atoms with Gasteiger partial charge < -0.3 is 15.2 Å². The van der Waals surface area contributed by atoms with Crippen LogP contribution >= 0.6 is 0 Å². The third-order valence-electron chi connectivity index (χ3n) is 3.71. The van der Waals surface area contributed by atoms with Crippen molar-refractivity contribution in [3.05, 3.63) is 65.7 Å². The second-order valence-corrected chi connectivity index (χ2v) is 5.64. The van der Waals surface area contributed by atoms with Gasteiger partial charge in [0.2, 0.25) is 5.91 Å². The number of rotatable bonds is 7. The zero-order valence-electron chi connectivity index (χ0n) is 13.5. The first-order valence-electron chi connectivity index (χ1n) is 7.77. The summed E-state index contributed by atoms with van der Waals surface area (Å²) in [5.41, 5.74) is 1.84. The van der Waals surface area contributed by atoms with Crippen LogP contribution in [0, 0.1) is 12.8 Å². The average Bonchev–Trinajstić information content (AvgIpc) is 2.58. The van der Waals surface area contributed by atoms with Crippen LogP contribution in [0.25, 0.3) is 0 Å². The highest BCUT2D eigenvalue weighted by molar-refractivity contribution is 5.78. The summed E-state index contributed by atoms with van der Waals surface area (Å²) in [5.74, 6) is 0.319. The molecule has 0 aromatic heterocycles. The summed E-state index contributed by atoms with van der Waals surface area (Å²) in [4.78, 5) is 12.1. The van der Waals surface area contributed by atoms with E-state index in [1.54, 1.807) is 6.92 Å². The molecule has 0 saturated heterocycles. The highest BCUT2D eigenvalue weighted by Gasteiger charge is 2.16. The fourth-order valence-electron chi connectivity index (χ4n) is 2.26. The Labute approximate surface area is 137 Å². The van der Waals surface area contributed by atoms with Crippen LogP contribution in [0.15, 0.2) is 54.6 Å². The predicted molar refractivity (Wildman–Crippen MR) is 90.2 cm³/mol. The van der Waals surface area contributed by atoms with E-state index in [1.807, 2.05) is 61.5 Å². The van der Waals surface area contributed by atoms with Crippen LogP contribution in [-0.4, -0.2) is 24.2 Å². The lowest BCUT2D eigenvalue weighted by Gasteiger charge is -2.17. The number of benzene rings is 2. The Hall–Kier alpha value is -2.33. The largest absolute Gasteiger partial charge is 0.493 e. The molecule has 4 heteroatoms. The maximum atomic E-state index is 12.1. The Balaban J connectivity index is 1.78. The third-order valence-corrected chi connectivity index (χ3v) is 3.71. The standard InChI is InChI=1S/C19H23NO3/c1-14-8-6-7-11-17(14)18(21)12-20-19(22)15(2)13-23-16-9-4-3-5-10-16/h3-11,15,18,21H,12-13H2,1-2H3,(H,20,22). The molecular weight excluding hydrogens is 290 g/mol. The van der Waals surface area contributed by atoms with Gasteiger partial charge in [-0.25, -0.2) is 0 Å². The van der Waals surface area contributed by atoms with Gasteiger partial charge in [0.05, 0.1) is 18.6 Å². The summed E-state index contributed by atoms with van der Waals surface area (Å²) < 4.78 is 5.58.